The lowest BCUT2D eigenvalue weighted by atomic mass is 9.98. The molecule has 33 heavy (non-hydrogen) atoms. The Bertz CT molecular complexity index is 1260. The number of amides is 1. The fourth-order valence-corrected chi connectivity index (χ4v) is 5.07. The molecule has 2 aromatic heterocycles. The lowest BCUT2D eigenvalue weighted by Gasteiger charge is -2.22. The third kappa shape index (κ3) is 4.50. The van der Waals surface area contributed by atoms with Crippen LogP contribution in [0, 0.1) is 6.92 Å². The maximum Gasteiger partial charge on any atom is 0.408 e. The van der Waals surface area contributed by atoms with Crippen LogP contribution >= 0.6 is 0 Å². The second-order valence-corrected chi connectivity index (χ2v) is 9.46. The average molecular weight is 483 g/mol. The second-order valence-electron chi connectivity index (χ2n) is 7.75. The van der Waals surface area contributed by atoms with Gasteiger partial charge in [0.2, 0.25) is 10.9 Å². The van der Waals surface area contributed by atoms with Crippen LogP contribution in [0.15, 0.2) is 47.8 Å². The molecule has 0 fully saturated rings. The molecule has 0 spiro atoms. The zero-order valence-corrected chi connectivity index (χ0v) is 18.2. The van der Waals surface area contributed by atoms with E-state index < -0.39 is 33.7 Å². The maximum atomic E-state index is 12.9. The lowest BCUT2D eigenvalue weighted by molar-refractivity contribution is -0.142. The molecule has 9 nitrogen and oxygen atoms in total. The van der Waals surface area contributed by atoms with E-state index in [1.807, 2.05) is 0 Å². The summed E-state index contributed by atoms with van der Waals surface area (Å²) in [6.45, 7) is -0.312. The maximum absolute atomic E-state index is 12.9. The SMILES string of the molecule is Cc1cn(CC(F)(F)F)nc1S(=O)(=O)n1cc2c(n1)CN(C(=O)[C@H](CO)c1ccccc1)C2. The molecule has 0 saturated heterocycles. The summed E-state index contributed by atoms with van der Waals surface area (Å²) in [6.07, 6.45) is -2.30. The van der Waals surface area contributed by atoms with E-state index >= 15 is 0 Å². The second kappa shape index (κ2) is 8.30. The van der Waals surface area contributed by atoms with Crippen LogP contribution in [0.3, 0.4) is 0 Å². The summed E-state index contributed by atoms with van der Waals surface area (Å²) in [5, 5.41) is 16.9. The minimum atomic E-state index is -4.55. The molecule has 0 aliphatic carbocycles. The number of aliphatic hydroxyl groups excluding tert-OH is 1. The number of hydrogen-bond donors (Lipinski definition) is 1. The molecule has 3 heterocycles. The lowest BCUT2D eigenvalue weighted by Crippen LogP contribution is -2.33. The number of aliphatic hydroxyl groups is 1. The first-order valence-electron chi connectivity index (χ1n) is 9.88. The zero-order valence-electron chi connectivity index (χ0n) is 17.4. The van der Waals surface area contributed by atoms with Gasteiger partial charge in [-0.15, -0.1) is 0 Å². The summed E-state index contributed by atoms with van der Waals surface area (Å²) < 4.78 is 64.9. The van der Waals surface area contributed by atoms with Gasteiger partial charge in [0.25, 0.3) is 0 Å². The molecule has 0 saturated carbocycles. The Morgan fingerprint density at radius 3 is 2.45 bits per heavy atom. The summed E-state index contributed by atoms with van der Waals surface area (Å²) in [7, 11) is -4.32. The molecule has 1 atom stereocenters. The van der Waals surface area contributed by atoms with Crippen molar-refractivity contribution >= 4 is 15.9 Å². The van der Waals surface area contributed by atoms with E-state index in [-0.39, 0.29) is 31.2 Å². The Morgan fingerprint density at radius 1 is 1.15 bits per heavy atom. The van der Waals surface area contributed by atoms with E-state index in [4.69, 9.17) is 0 Å². The standard InChI is InChI=1S/C20H20F3N5O4S/c1-13-7-27(12-20(21,22)23)25-18(13)33(31,32)28-9-15-8-26(10-17(15)24-28)19(30)16(11-29)14-5-3-2-4-6-14/h2-7,9,16,29H,8,10-12H2,1H3/t16-/m1/s1. The molecule has 176 valence electrons. The number of aromatic nitrogens is 4. The van der Waals surface area contributed by atoms with Crippen LogP contribution in [-0.2, 0) is 34.5 Å². The number of rotatable bonds is 6. The van der Waals surface area contributed by atoms with Gasteiger partial charge in [0.15, 0.2) is 0 Å². The highest BCUT2D eigenvalue weighted by molar-refractivity contribution is 7.89. The Balaban J connectivity index is 1.53. The number of halogens is 3. The van der Waals surface area contributed by atoms with Crippen molar-refractivity contribution in [2.45, 2.75) is 43.7 Å². The van der Waals surface area contributed by atoms with Crippen LogP contribution < -0.4 is 0 Å². The van der Waals surface area contributed by atoms with Gasteiger partial charge in [-0.05, 0) is 12.5 Å². The number of carbonyl (C=O) groups is 1. The molecule has 0 unspecified atom stereocenters. The number of hydrogen-bond acceptors (Lipinski definition) is 6. The van der Waals surface area contributed by atoms with Gasteiger partial charge in [0.05, 0.1) is 24.8 Å². The highest BCUT2D eigenvalue weighted by Crippen LogP contribution is 2.28. The van der Waals surface area contributed by atoms with Gasteiger partial charge in [0.1, 0.15) is 6.54 Å². The zero-order chi connectivity index (χ0) is 24.0. The van der Waals surface area contributed by atoms with Crippen LogP contribution in [0.4, 0.5) is 13.2 Å². The van der Waals surface area contributed by atoms with Crippen molar-refractivity contribution in [2.75, 3.05) is 6.61 Å². The number of benzene rings is 1. The highest BCUT2D eigenvalue weighted by atomic mass is 32.2. The van der Waals surface area contributed by atoms with Crippen molar-refractivity contribution in [3.8, 4) is 0 Å². The molecule has 1 aliphatic rings. The van der Waals surface area contributed by atoms with Crippen molar-refractivity contribution in [2.24, 2.45) is 0 Å². The fourth-order valence-electron chi connectivity index (χ4n) is 3.75. The van der Waals surface area contributed by atoms with Gasteiger partial charge in [-0.25, -0.2) is 0 Å². The van der Waals surface area contributed by atoms with E-state index in [1.165, 1.54) is 18.0 Å². The Labute approximate surface area is 187 Å². The van der Waals surface area contributed by atoms with Gasteiger partial charge in [-0.1, -0.05) is 30.3 Å². The normalized spacial score (nSPS) is 15.0. The van der Waals surface area contributed by atoms with E-state index in [2.05, 4.69) is 10.2 Å². The van der Waals surface area contributed by atoms with Crippen molar-refractivity contribution in [3.63, 3.8) is 0 Å². The molecule has 3 aromatic rings. The third-order valence-corrected chi connectivity index (χ3v) is 6.86. The van der Waals surface area contributed by atoms with Gasteiger partial charge >= 0.3 is 16.2 Å². The quantitative estimate of drug-likeness (QED) is 0.573. The molecule has 4 rings (SSSR count). The molecule has 13 heteroatoms. The van der Waals surface area contributed by atoms with Crippen LogP contribution in [0.2, 0.25) is 0 Å². The van der Waals surface area contributed by atoms with Gasteiger partial charge in [-0.3, -0.25) is 9.48 Å². The minimum Gasteiger partial charge on any atom is -0.395 e. The predicted molar refractivity (Wildman–Crippen MR) is 108 cm³/mol. The Morgan fingerprint density at radius 2 is 1.85 bits per heavy atom. The smallest absolute Gasteiger partial charge is 0.395 e. The molecule has 1 amide bonds. The number of carbonyl (C=O) groups excluding carboxylic acids is 1. The summed E-state index contributed by atoms with van der Waals surface area (Å²) in [5.74, 6) is -1.08. The summed E-state index contributed by atoms with van der Waals surface area (Å²) in [5.41, 5.74) is 1.56. The molecule has 1 aliphatic heterocycles. The molecule has 1 N–H and O–H groups in total. The van der Waals surface area contributed by atoms with E-state index in [1.54, 1.807) is 30.3 Å². The van der Waals surface area contributed by atoms with Gasteiger partial charge in [-0.2, -0.15) is 35.9 Å². The van der Waals surface area contributed by atoms with E-state index in [0.29, 0.717) is 25.6 Å². The number of alkyl halides is 3. The number of nitrogens with zero attached hydrogens (tertiary/aromatic N) is 5. The minimum absolute atomic E-state index is 0.0432. The molecular weight excluding hydrogens is 463 g/mol. The first kappa shape index (κ1) is 23.0. The first-order valence-corrected chi connectivity index (χ1v) is 11.3. The topological polar surface area (TPSA) is 110 Å². The summed E-state index contributed by atoms with van der Waals surface area (Å²) in [6, 6.07) is 8.79. The van der Waals surface area contributed by atoms with E-state index in [0.717, 1.165) is 6.20 Å². The van der Waals surface area contributed by atoms with Crippen molar-refractivity contribution < 1.29 is 31.5 Å². The summed E-state index contributed by atoms with van der Waals surface area (Å²) in [4.78, 5) is 14.4. The molecule has 0 radical (unpaired) electrons. The van der Waals surface area contributed by atoms with Crippen molar-refractivity contribution in [1.82, 2.24) is 23.9 Å². The Kier molecular flexibility index (Phi) is 5.78. The molecule has 0 bridgehead atoms. The number of aryl methyl sites for hydroxylation is 1. The Hall–Kier alpha value is -3.19. The number of fused-ring (bicyclic) bond motifs is 1. The van der Waals surface area contributed by atoms with Crippen LogP contribution in [0.5, 0.6) is 0 Å². The third-order valence-electron chi connectivity index (χ3n) is 5.28. The van der Waals surface area contributed by atoms with Gasteiger partial charge < -0.3 is 10.0 Å². The summed E-state index contributed by atoms with van der Waals surface area (Å²) >= 11 is 0. The molecular formula is C20H20F3N5O4S. The van der Waals surface area contributed by atoms with E-state index in [9.17, 15) is 31.5 Å². The largest absolute Gasteiger partial charge is 0.408 e. The molecule has 1 aromatic carbocycles. The van der Waals surface area contributed by atoms with Crippen LogP contribution in [0.1, 0.15) is 28.3 Å². The average Bonchev–Trinajstić information content (AvgIpc) is 3.41. The van der Waals surface area contributed by atoms with Crippen molar-refractivity contribution in [3.05, 3.63) is 65.1 Å². The highest BCUT2D eigenvalue weighted by Gasteiger charge is 2.35. The van der Waals surface area contributed by atoms with Gasteiger partial charge in [0, 0.05) is 30.1 Å². The van der Waals surface area contributed by atoms with Crippen LogP contribution in [0.25, 0.3) is 0 Å². The monoisotopic (exact) mass is 483 g/mol. The van der Waals surface area contributed by atoms with Crippen molar-refractivity contribution in [1.29, 1.82) is 0 Å². The predicted octanol–water partition coefficient (Wildman–Crippen LogP) is 1.81. The fraction of sp³-hybridized carbons (Fsp3) is 0.350. The first-order chi connectivity index (χ1) is 15.5. The van der Waals surface area contributed by atoms with Crippen LogP contribution in [-0.4, -0.2) is 56.1 Å².